The molecule has 2 aliphatic carbocycles. The van der Waals surface area contributed by atoms with Crippen molar-refractivity contribution in [1.29, 1.82) is 5.41 Å². The number of nitrogens with one attached hydrogen (secondary N) is 1. The molecule has 4 heteroatoms. The van der Waals surface area contributed by atoms with Crippen LogP contribution in [0, 0.1) is 5.41 Å². The minimum Gasteiger partial charge on any atom is -0.399 e. The Morgan fingerprint density at radius 3 is 1.94 bits per heavy atom. The predicted molar refractivity (Wildman–Crippen MR) is 285 cm³/mol. The molecule has 11 rings (SSSR count). The lowest BCUT2D eigenvalue weighted by Crippen LogP contribution is -2.07. The van der Waals surface area contributed by atoms with Gasteiger partial charge in [0, 0.05) is 38.6 Å². The van der Waals surface area contributed by atoms with Crippen molar-refractivity contribution >= 4 is 60.7 Å². The Hall–Kier alpha value is -8.21. The number of aromatic nitrogens is 2. The van der Waals surface area contributed by atoms with Gasteiger partial charge in [-0.25, -0.2) is 0 Å². The Balaban J connectivity index is 0.00000166. The number of aryl methyl sites for hydroxylation is 2. The van der Waals surface area contributed by atoms with Gasteiger partial charge < -0.3 is 20.3 Å². The van der Waals surface area contributed by atoms with E-state index >= 15 is 0 Å². The highest BCUT2D eigenvalue weighted by molar-refractivity contribution is 6.16. The number of fused-ring (bicyclic) bond motifs is 10. The van der Waals surface area contributed by atoms with Crippen molar-refractivity contribution in [1.82, 2.24) is 9.13 Å². The lowest BCUT2D eigenvalue weighted by Gasteiger charge is -2.23. The van der Waals surface area contributed by atoms with Crippen molar-refractivity contribution in [3.05, 3.63) is 236 Å². The molecule has 0 fully saturated rings. The maximum absolute atomic E-state index is 8.45. The minimum absolute atomic E-state index is 0.467. The zero-order chi connectivity index (χ0) is 45.3. The molecule has 0 spiro atoms. The summed E-state index contributed by atoms with van der Waals surface area (Å²) in [7, 11) is 0. The van der Waals surface area contributed by atoms with Crippen molar-refractivity contribution in [3.8, 4) is 39.1 Å². The van der Waals surface area contributed by atoms with Crippen LogP contribution in [0.2, 0.25) is 0 Å². The van der Waals surface area contributed by atoms with Crippen LogP contribution in [0.3, 0.4) is 0 Å². The van der Waals surface area contributed by atoms with Gasteiger partial charge in [-0.05, 0) is 149 Å². The molecule has 0 bridgehead atoms. The second kappa shape index (κ2) is 17.8. The molecular formula is C62H52N4. The van der Waals surface area contributed by atoms with Crippen LogP contribution in [0.5, 0.6) is 0 Å². The number of benzene rings is 7. The Morgan fingerprint density at radius 1 is 0.621 bits per heavy atom. The number of rotatable bonds is 8. The maximum atomic E-state index is 8.45. The van der Waals surface area contributed by atoms with Gasteiger partial charge in [0.15, 0.2) is 0 Å². The molecule has 0 amide bonds. The molecule has 2 aromatic heterocycles. The van der Waals surface area contributed by atoms with Gasteiger partial charge in [0.1, 0.15) is 0 Å². The molecule has 9 aromatic rings. The van der Waals surface area contributed by atoms with E-state index in [2.05, 4.69) is 180 Å². The Labute approximate surface area is 387 Å². The summed E-state index contributed by atoms with van der Waals surface area (Å²) >= 11 is 0. The summed E-state index contributed by atoms with van der Waals surface area (Å²) in [6.07, 6.45) is 22.8. The third kappa shape index (κ3) is 7.37. The largest absolute Gasteiger partial charge is 0.399 e. The summed E-state index contributed by atoms with van der Waals surface area (Å²) in [5.74, 6) is 0. The molecule has 320 valence electrons. The van der Waals surface area contributed by atoms with E-state index in [0.29, 0.717) is 5.71 Å². The number of hydrogen-bond acceptors (Lipinski definition) is 2. The normalized spacial score (nSPS) is 13.4. The highest BCUT2D eigenvalue weighted by Gasteiger charge is 2.26. The lowest BCUT2D eigenvalue weighted by molar-refractivity contribution is 0.945. The van der Waals surface area contributed by atoms with Gasteiger partial charge in [0.2, 0.25) is 0 Å². The molecule has 2 heterocycles. The van der Waals surface area contributed by atoms with Gasteiger partial charge in [0.25, 0.3) is 0 Å². The van der Waals surface area contributed by atoms with E-state index in [9.17, 15) is 0 Å². The first-order valence-corrected chi connectivity index (χ1v) is 22.8. The average molecular weight is 853 g/mol. The van der Waals surface area contributed by atoms with Crippen LogP contribution in [-0.4, -0.2) is 14.8 Å². The summed E-state index contributed by atoms with van der Waals surface area (Å²) in [6, 6.07) is 51.2. The highest BCUT2D eigenvalue weighted by Crippen LogP contribution is 2.46. The number of nitrogens with two attached hydrogens (primary N) is 1. The molecule has 2 aliphatic rings. The molecule has 0 radical (unpaired) electrons. The van der Waals surface area contributed by atoms with E-state index in [-0.39, 0.29) is 0 Å². The van der Waals surface area contributed by atoms with Crippen LogP contribution in [-0.2, 0) is 12.8 Å². The predicted octanol–water partition coefficient (Wildman–Crippen LogP) is 16.0. The van der Waals surface area contributed by atoms with Crippen LogP contribution in [0.15, 0.2) is 213 Å². The first-order valence-electron chi connectivity index (χ1n) is 22.8. The van der Waals surface area contributed by atoms with E-state index in [4.69, 9.17) is 11.1 Å². The van der Waals surface area contributed by atoms with Gasteiger partial charge in [-0.3, -0.25) is 0 Å². The Bertz CT molecular complexity index is 3540. The van der Waals surface area contributed by atoms with Gasteiger partial charge in [-0.1, -0.05) is 146 Å². The lowest BCUT2D eigenvalue weighted by atomic mass is 9.83. The quantitative estimate of drug-likeness (QED) is 0.0893. The van der Waals surface area contributed by atoms with Crippen LogP contribution < -0.4 is 5.73 Å². The second-order valence-corrected chi connectivity index (χ2v) is 17.0. The highest BCUT2D eigenvalue weighted by atomic mass is 15.0. The van der Waals surface area contributed by atoms with Crippen molar-refractivity contribution in [2.24, 2.45) is 5.73 Å². The molecule has 7 aromatic carbocycles. The molecule has 0 aliphatic heterocycles. The second-order valence-electron chi connectivity index (χ2n) is 17.0. The number of allylic oxidation sites excluding steroid dienone is 11. The van der Waals surface area contributed by atoms with Crippen molar-refractivity contribution in [2.75, 3.05) is 0 Å². The van der Waals surface area contributed by atoms with E-state index in [1.54, 1.807) is 24.3 Å². The summed E-state index contributed by atoms with van der Waals surface area (Å²) in [4.78, 5) is 0. The first kappa shape index (κ1) is 41.8. The fraction of sp³-hybridized carbons (Fsp3) is 0.0806. The summed E-state index contributed by atoms with van der Waals surface area (Å²) in [6.45, 7) is 11.0. The van der Waals surface area contributed by atoms with Gasteiger partial charge >= 0.3 is 0 Å². The molecule has 3 N–H and O–H groups in total. The third-order valence-electron chi connectivity index (χ3n) is 13.0. The molecule has 0 unspecified atom stereocenters. The van der Waals surface area contributed by atoms with Crippen LogP contribution >= 0.6 is 0 Å². The van der Waals surface area contributed by atoms with Crippen molar-refractivity contribution in [3.63, 3.8) is 0 Å². The van der Waals surface area contributed by atoms with Gasteiger partial charge in [-0.2, -0.15) is 0 Å². The third-order valence-corrected chi connectivity index (χ3v) is 13.0. The fourth-order valence-corrected chi connectivity index (χ4v) is 9.85. The molecule has 66 heavy (non-hydrogen) atoms. The topological polar surface area (TPSA) is 59.7 Å². The average Bonchev–Trinajstić information content (AvgIpc) is 3.72. The fourth-order valence-electron chi connectivity index (χ4n) is 9.85. The molecular weight excluding hydrogens is 801 g/mol. The number of nitrogens with zero attached hydrogens (tertiary/aromatic N) is 2. The summed E-state index contributed by atoms with van der Waals surface area (Å²) < 4.78 is 4.95. The number of para-hydroxylation sites is 1. The van der Waals surface area contributed by atoms with E-state index < -0.39 is 0 Å². The van der Waals surface area contributed by atoms with Crippen LogP contribution in [0.4, 0.5) is 0 Å². The van der Waals surface area contributed by atoms with Crippen LogP contribution in [0.25, 0.3) is 94.1 Å². The van der Waals surface area contributed by atoms with E-state index in [0.717, 1.165) is 52.9 Å². The van der Waals surface area contributed by atoms with Crippen molar-refractivity contribution in [2.45, 2.75) is 33.1 Å². The summed E-state index contributed by atoms with van der Waals surface area (Å²) in [5, 5.41) is 13.5. The zero-order valence-electron chi connectivity index (χ0n) is 37.6. The first-order chi connectivity index (χ1) is 32.4. The van der Waals surface area contributed by atoms with E-state index in [1.807, 2.05) is 32.1 Å². The smallest absolute Gasteiger partial charge is 0.0612 e. The SMILES string of the molecule is C=C/C=C\C(=N)c1ccc(-c2ccc3c(c2)c2ccc4c(c2n3-c2ccccc2)CCc2cc3c5cc(-c6ccc(/C(N)=C/C)cc6)ccc5n(C5=CCC=CC=C5)c3cc2-4)cc1.C=CC. The molecule has 0 saturated carbocycles. The van der Waals surface area contributed by atoms with Gasteiger partial charge in [-0.15, -0.1) is 6.58 Å². The monoisotopic (exact) mass is 852 g/mol. The number of hydrogen-bond donors (Lipinski definition) is 2. The van der Waals surface area contributed by atoms with E-state index in [1.165, 1.54) is 82.7 Å². The molecule has 4 nitrogen and oxygen atoms in total. The maximum Gasteiger partial charge on any atom is 0.0612 e. The standard InChI is InChI=1S/C59H46N4.C3H6/c1-3-5-17-55(61)41-24-20-39(21-25-41)42-28-33-57-51(34-42)49-31-30-47-48(59(49)63(57)46-15-11-8-12-16-46)29-26-44-36-53-52-35-43(38-18-22-40(23-19-38)54(60)4-2)27-32-56(52)62(58(53)37-50(44)47)45-13-9-6-7-10-14-45;1-3-2/h3-9,11-25,27-28,30-37,61H,1,10,26,29,60H2,2H3;3H,1H2,2H3/b17-5-,54-4-,61-55?;. The Morgan fingerprint density at radius 2 is 1.26 bits per heavy atom. The van der Waals surface area contributed by atoms with Crippen molar-refractivity contribution < 1.29 is 0 Å². The Kier molecular flexibility index (Phi) is 11.2. The van der Waals surface area contributed by atoms with Crippen LogP contribution in [0.1, 0.15) is 42.5 Å². The van der Waals surface area contributed by atoms with Gasteiger partial charge in [0.05, 0.1) is 27.8 Å². The summed E-state index contributed by atoms with van der Waals surface area (Å²) in [5.41, 5.74) is 26.7. The minimum atomic E-state index is 0.467. The molecule has 0 atom stereocenters. The zero-order valence-corrected chi connectivity index (χ0v) is 37.6. The molecule has 0 saturated heterocycles.